The summed E-state index contributed by atoms with van der Waals surface area (Å²) in [6.45, 7) is 0. The first-order chi connectivity index (χ1) is 24.3. The molecule has 230 valence electrons. The van der Waals surface area contributed by atoms with E-state index in [2.05, 4.69) is 181 Å². The van der Waals surface area contributed by atoms with Gasteiger partial charge in [0.1, 0.15) is 0 Å². The second-order valence-electron chi connectivity index (χ2n) is 12.5. The van der Waals surface area contributed by atoms with Gasteiger partial charge in [-0.05, 0) is 69.9 Å². The van der Waals surface area contributed by atoms with Crippen molar-refractivity contribution in [1.82, 2.24) is 0 Å². The van der Waals surface area contributed by atoms with Gasteiger partial charge in [-0.15, -0.1) is 22.7 Å². The molecule has 10 rings (SSSR count). The lowest BCUT2D eigenvalue weighted by Gasteiger charge is -2.27. The van der Waals surface area contributed by atoms with E-state index in [-0.39, 0.29) is 0 Å². The van der Waals surface area contributed by atoms with Crippen LogP contribution < -0.4 is 4.90 Å². The van der Waals surface area contributed by atoms with E-state index in [1.165, 1.54) is 79.1 Å². The third-order valence-electron chi connectivity index (χ3n) is 9.66. The number of fused-ring (bicyclic) bond motifs is 7. The third-order valence-corrected chi connectivity index (χ3v) is 12.1. The van der Waals surface area contributed by atoms with Crippen LogP contribution in [0.2, 0.25) is 0 Å². The summed E-state index contributed by atoms with van der Waals surface area (Å²) in [6, 6.07) is 64.5. The van der Waals surface area contributed by atoms with E-state index < -0.39 is 0 Å². The Kier molecular flexibility index (Phi) is 6.61. The summed E-state index contributed by atoms with van der Waals surface area (Å²) < 4.78 is 5.23. The highest BCUT2D eigenvalue weighted by Gasteiger charge is 2.21. The zero-order valence-electron chi connectivity index (χ0n) is 26.5. The molecule has 3 heteroatoms. The molecule has 2 heterocycles. The number of thiophene rings is 2. The van der Waals surface area contributed by atoms with Crippen LogP contribution in [0.3, 0.4) is 0 Å². The topological polar surface area (TPSA) is 3.24 Å². The number of nitrogens with zero attached hydrogens (tertiary/aromatic N) is 1. The van der Waals surface area contributed by atoms with Crippen LogP contribution in [-0.2, 0) is 0 Å². The molecule has 0 bridgehead atoms. The molecule has 0 saturated carbocycles. The summed E-state index contributed by atoms with van der Waals surface area (Å²) in [4.78, 5) is 2.47. The van der Waals surface area contributed by atoms with Gasteiger partial charge in [0.2, 0.25) is 0 Å². The van der Waals surface area contributed by atoms with Crippen LogP contribution in [0, 0.1) is 0 Å². The van der Waals surface area contributed by atoms with Crippen LogP contribution in [0.5, 0.6) is 0 Å². The Hall–Kier alpha value is -5.74. The summed E-state index contributed by atoms with van der Waals surface area (Å²) in [5.74, 6) is 0. The number of hydrogen-bond acceptors (Lipinski definition) is 3. The zero-order valence-corrected chi connectivity index (χ0v) is 28.1. The maximum Gasteiger partial charge on any atom is 0.0640 e. The van der Waals surface area contributed by atoms with E-state index in [9.17, 15) is 0 Å². The first-order valence-corrected chi connectivity index (χ1v) is 18.2. The Morgan fingerprint density at radius 3 is 1.73 bits per heavy atom. The standard InChI is InChI=1S/C46H29NS2/c1-2-13-31(14-3-1)35-27-26-34(29-41(35)40-19-10-18-38-36-16-6-8-22-43(36)48-45(38)40)47(33-25-24-30-12-4-5-15-32(30)28-33)42-21-11-20-39-37-17-7-9-23-44(37)49-46(39)42/h1-29H. The molecular weight excluding hydrogens is 631 g/mol. The Morgan fingerprint density at radius 1 is 0.347 bits per heavy atom. The second kappa shape index (κ2) is 11.5. The number of anilines is 3. The molecular formula is C46H29NS2. The molecule has 0 radical (unpaired) electrons. The summed E-state index contributed by atoms with van der Waals surface area (Å²) in [5.41, 5.74) is 8.40. The molecule has 49 heavy (non-hydrogen) atoms. The van der Waals surface area contributed by atoms with Gasteiger partial charge in [0.05, 0.1) is 10.4 Å². The minimum absolute atomic E-state index is 1.13. The Bertz CT molecular complexity index is 2840. The Morgan fingerprint density at radius 2 is 0.939 bits per heavy atom. The van der Waals surface area contributed by atoms with Gasteiger partial charge in [-0.1, -0.05) is 133 Å². The summed E-state index contributed by atoms with van der Waals surface area (Å²) >= 11 is 3.76. The summed E-state index contributed by atoms with van der Waals surface area (Å²) in [5, 5.41) is 7.69. The molecule has 0 aliphatic heterocycles. The number of rotatable bonds is 5. The average Bonchev–Trinajstić information content (AvgIpc) is 3.74. The van der Waals surface area contributed by atoms with E-state index in [0.717, 1.165) is 11.4 Å². The van der Waals surface area contributed by atoms with E-state index >= 15 is 0 Å². The maximum atomic E-state index is 2.47. The van der Waals surface area contributed by atoms with Gasteiger partial charge in [-0.25, -0.2) is 0 Å². The maximum absolute atomic E-state index is 2.47. The van der Waals surface area contributed by atoms with Gasteiger partial charge in [-0.3, -0.25) is 0 Å². The van der Waals surface area contributed by atoms with Crippen molar-refractivity contribution in [3.05, 3.63) is 176 Å². The smallest absolute Gasteiger partial charge is 0.0640 e. The highest BCUT2D eigenvalue weighted by Crippen LogP contribution is 2.48. The van der Waals surface area contributed by atoms with E-state index in [1.54, 1.807) is 0 Å². The lowest BCUT2D eigenvalue weighted by Crippen LogP contribution is -2.10. The fraction of sp³-hybridized carbons (Fsp3) is 0. The molecule has 0 saturated heterocycles. The molecule has 10 aromatic rings. The molecule has 0 unspecified atom stereocenters. The lowest BCUT2D eigenvalue weighted by molar-refractivity contribution is 1.31. The quantitative estimate of drug-likeness (QED) is 0.178. The molecule has 0 amide bonds. The molecule has 0 aliphatic carbocycles. The minimum atomic E-state index is 1.13. The molecule has 0 spiro atoms. The van der Waals surface area contributed by atoms with E-state index in [0.29, 0.717) is 0 Å². The molecule has 0 aliphatic rings. The molecule has 2 aromatic heterocycles. The largest absolute Gasteiger partial charge is 0.309 e. The third kappa shape index (κ3) is 4.66. The Labute approximate surface area is 292 Å². The average molecular weight is 660 g/mol. The SMILES string of the molecule is c1ccc(-c2ccc(N(c3ccc4ccccc4c3)c3cccc4c3sc3ccccc34)cc2-c2cccc3c2sc2ccccc23)cc1. The predicted molar refractivity (Wildman–Crippen MR) is 215 cm³/mol. The fourth-order valence-electron chi connectivity index (χ4n) is 7.37. The Balaban J connectivity index is 1.27. The zero-order chi connectivity index (χ0) is 32.3. The molecule has 8 aromatic carbocycles. The first-order valence-electron chi connectivity index (χ1n) is 16.6. The molecule has 1 nitrogen and oxygen atoms in total. The van der Waals surface area contributed by atoms with Crippen LogP contribution in [0.15, 0.2) is 176 Å². The second-order valence-corrected chi connectivity index (χ2v) is 14.6. The number of hydrogen-bond donors (Lipinski definition) is 0. The highest BCUT2D eigenvalue weighted by molar-refractivity contribution is 7.26. The van der Waals surface area contributed by atoms with Crippen molar-refractivity contribution in [2.45, 2.75) is 0 Å². The van der Waals surface area contributed by atoms with Crippen molar-refractivity contribution in [1.29, 1.82) is 0 Å². The van der Waals surface area contributed by atoms with Crippen LogP contribution >= 0.6 is 22.7 Å². The van der Waals surface area contributed by atoms with Crippen molar-refractivity contribution < 1.29 is 0 Å². The fourth-order valence-corrected chi connectivity index (χ4v) is 9.81. The highest BCUT2D eigenvalue weighted by atomic mass is 32.1. The summed E-state index contributed by atoms with van der Waals surface area (Å²) in [6.07, 6.45) is 0. The van der Waals surface area contributed by atoms with Crippen molar-refractivity contribution in [2.24, 2.45) is 0 Å². The van der Waals surface area contributed by atoms with Crippen molar-refractivity contribution in [3.8, 4) is 22.3 Å². The molecule has 0 N–H and O–H groups in total. The molecule has 0 atom stereocenters. The van der Waals surface area contributed by atoms with Crippen LogP contribution in [0.4, 0.5) is 17.1 Å². The van der Waals surface area contributed by atoms with Crippen LogP contribution in [-0.4, -0.2) is 0 Å². The normalized spacial score (nSPS) is 11.7. The van der Waals surface area contributed by atoms with Gasteiger partial charge in [-0.2, -0.15) is 0 Å². The van der Waals surface area contributed by atoms with Gasteiger partial charge in [0.25, 0.3) is 0 Å². The van der Waals surface area contributed by atoms with E-state index in [1.807, 2.05) is 22.7 Å². The lowest BCUT2D eigenvalue weighted by atomic mass is 9.92. The van der Waals surface area contributed by atoms with Crippen molar-refractivity contribution in [2.75, 3.05) is 4.90 Å². The van der Waals surface area contributed by atoms with Crippen LogP contribution in [0.25, 0.3) is 73.4 Å². The monoisotopic (exact) mass is 659 g/mol. The summed E-state index contributed by atoms with van der Waals surface area (Å²) in [7, 11) is 0. The minimum Gasteiger partial charge on any atom is -0.309 e. The molecule has 0 fully saturated rings. The van der Waals surface area contributed by atoms with Gasteiger partial charge >= 0.3 is 0 Å². The van der Waals surface area contributed by atoms with E-state index in [4.69, 9.17) is 0 Å². The predicted octanol–water partition coefficient (Wildman–Crippen LogP) is 14.4. The first kappa shape index (κ1) is 28.3. The van der Waals surface area contributed by atoms with Gasteiger partial charge in [0.15, 0.2) is 0 Å². The van der Waals surface area contributed by atoms with Crippen molar-refractivity contribution >= 4 is 90.9 Å². The van der Waals surface area contributed by atoms with Gasteiger partial charge < -0.3 is 4.90 Å². The number of benzene rings is 8. The van der Waals surface area contributed by atoms with Gasteiger partial charge in [0, 0.05) is 52.6 Å². The van der Waals surface area contributed by atoms with Crippen molar-refractivity contribution in [3.63, 3.8) is 0 Å². The van der Waals surface area contributed by atoms with Crippen LogP contribution in [0.1, 0.15) is 0 Å².